The van der Waals surface area contributed by atoms with Crippen molar-refractivity contribution < 1.29 is 14.7 Å². The van der Waals surface area contributed by atoms with Crippen LogP contribution < -0.4 is 0 Å². The molecule has 0 aliphatic carbocycles. The monoisotopic (exact) mass is 240 g/mol. The van der Waals surface area contributed by atoms with Gasteiger partial charge in [-0.25, -0.2) is 0 Å². The molecular weight excluding hydrogens is 220 g/mol. The van der Waals surface area contributed by atoms with E-state index in [1.807, 2.05) is 0 Å². The quantitative estimate of drug-likeness (QED) is 0.722. The van der Waals surface area contributed by atoms with E-state index in [0.29, 0.717) is 38.4 Å². The van der Waals surface area contributed by atoms with E-state index in [0.717, 1.165) is 19.5 Å². The molecule has 2 fully saturated rings. The van der Waals surface area contributed by atoms with E-state index in [-0.39, 0.29) is 18.3 Å². The summed E-state index contributed by atoms with van der Waals surface area (Å²) < 4.78 is 0. The number of hydrogen-bond acceptors (Lipinski definition) is 4. The summed E-state index contributed by atoms with van der Waals surface area (Å²) in [6.45, 7) is 3.51. The minimum Gasteiger partial charge on any atom is -0.396 e. The van der Waals surface area contributed by atoms with Crippen molar-refractivity contribution in [3.8, 4) is 0 Å². The standard InChI is InChI=1S/C12H20N2O3/c15-9-10-1-4-13(7-10)8-12(17)14-5-2-11(16)3-6-14/h10,15H,1-9H2. The van der Waals surface area contributed by atoms with Gasteiger partial charge in [-0.15, -0.1) is 0 Å². The maximum Gasteiger partial charge on any atom is 0.236 e. The molecule has 96 valence electrons. The molecule has 1 N–H and O–H groups in total. The molecule has 2 rings (SSSR count). The summed E-state index contributed by atoms with van der Waals surface area (Å²) in [5.41, 5.74) is 0. The molecule has 0 spiro atoms. The van der Waals surface area contributed by atoms with Crippen LogP contribution in [0, 0.1) is 5.92 Å². The van der Waals surface area contributed by atoms with Gasteiger partial charge in [-0.05, 0) is 18.9 Å². The molecule has 0 bridgehead atoms. The number of piperidine rings is 1. The molecule has 0 aromatic heterocycles. The lowest BCUT2D eigenvalue weighted by atomic mass is 10.1. The topological polar surface area (TPSA) is 60.9 Å². The number of rotatable bonds is 3. The van der Waals surface area contributed by atoms with Gasteiger partial charge in [0.25, 0.3) is 0 Å². The predicted octanol–water partition coefficient (Wildman–Crippen LogP) is -0.508. The second-order valence-corrected chi connectivity index (χ2v) is 4.99. The summed E-state index contributed by atoms with van der Waals surface area (Å²) in [6, 6.07) is 0. The Kier molecular flexibility index (Phi) is 4.12. The van der Waals surface area contributed by atoms with Gasteiger partial charge in [-0.1, -0.05) is 0 Å². The van der Waals surface area contributed by atoms with Crippen LogP contribution in [0.2, 0.25) is 0 Å². The number of Topliss-reactive ketones (excluding diaryl/α,β-unsaturated/α-hetero) is 1. The molecule has 1 atom stereocenters. The molecule has 5 nitrogen and oxygen atoms in total. The Bertz CT molecular complexity index is 296. The summed E-state index contributed by atoms with van der Waals surface area (Å²) in [7, 11) is 0. The summed E-state index contributed by atoms with van der Waals surface area (Å²) in [5.74, 6) is 0.706. The number of carbonyl (C=O) groups is 2. The minimum atomic E-state index is 0.121. The number of amides is 1. The zero-order chi connectivity index (χ0) is 12.3. The lowest BCUT2D eigenvalue weighted by Gasteiger charge is -2.28. The third-order valence-corrected chi connectivity index (χ3v) is 3.66. The van der Waals surface area contributed by atoms with Gasteiger partial charge in [-0.3, -0.25) is 14.5 Å². The molecule has 0 aromatic carbocycles. The average molecular weight is 240 g/mol. The third kappa shape index (κ3) is 3.26. The molecule has 1 unspecified atom stereocenters. The van der Waals surface area contributed by atoms with Gasteiger partial charge in [0.05, 0.1) is 6.54 Å². The predicted molar refractivity (Wildman–Crippen MR) is 62.5 cm³/mol. The Morgan fingerprint density at radius 1 is 1.29 bits per heavy atom. The van der Waals surface area contributed by atoms with Crippen LogP contribution in [0.25, 0.3) is 0 Å². The highest BCUT2D eigenvalue weighted by atomic mass is 16.3. The summed E-state index contributed by atoms with van der Waals surface area (Å²) >= 11 is 0. The summed E-state index contributed by atoms with van der Waals surface area (Å²) in [6.07, 6.45) is 1.98. The Hall–Kier alpha value is -0.940. The second-order valence-electron chi connectivity index (χ2n) is 4.99. The summed E-state index contributed by atoms with van der Waals surface area (Å²) in [4.78, 5) is 26.9. The van der Waals surface area contributed by atoms with Crippen molar-refractivity contribution in [3.63, 3.8) is 0 Å². The highest BCUT2D eigenvalue weighted by Crippen LogP contribution is 2.15. The van der Waals surface area contributed by atoms with E-state index in [1.165, 1.54) is 0 Å². The van der Waals surface area contributed by atoms with Crippen LogP contribution in [0.5, 0.6) is 0 Å². The zero-order valence-electron chi connectivity index (χ0n) is 10.1. The molecule has 2 aliphatic heterocycles. The first-order chi connectivity index (χ1) is 8.19. The fourth-order valence-corrected chi connectivity index (χ4v) is 2.50. The van der Waals surface area contributed by atoms with Crippen LogP contribution in [0.15, 0.2) is 0 Å². The minimum absolute atomic E-state index is 0.121. The fourth-order valence-electron chi connectivity index (χ4n) is 2.50. The van der Waals surface area contributed by atoms with Crippen LogP contribution in [-0.4, -0.2) is 65.9 Å². The highest BCUT2D eigenvalue weighted by molar-refractivity contribution is 5.84. The average Bonchev–Trinajstić information content (AvgIpc) is 2.77. The number of likely N-dealkylation sites (tertiary alicyclic amines) is 2. The Balaban J connectivity index is 1.75. The molecular formula is C12H20N2O3. The number of aliphatic hydroxyl groups is 1. The van der Waals surface area contributed by atoms with Crippen LogP contribution in [0.3, 0.4) is 0 Å². The van der Waals surface area contributed by atoms with Crippen molar-refractivity contribution in [1.82, 2.24) is 9.80 Å². The molecule has 0 saturated carbocycles. The van der Waals surface area contributed by atoms with Crippen molar-refractivity contribution in [2.45, 2.75) is 19.3 Å². The highest BCUT2D eigenvalue weighted by Gasteiger charge is 2.26. The van der Waals surface area contributed by atoms with E-state index >= 15 is 0 Å². The van der Waals surface area contributed by atoms with E-state index in [2.05, 4.69) is 4.90 Å². The Morgan fingerprint density at radius 2 is 2.00 bits per heavy atom. The third-order valence-electron chi connectivity index (χ3n) is 3.66. The van der Waals surface area contributed by atoms with Gasteiger partial charge in [0.15, 0.2) is 0 Å². The van der Waals surface area contributed by atoms with Crippen LogP contribution >= 0.6 is 0 Å². The molecule has 1 amide bonds. The van der Waals surface area contributed by atoms with Crippen LogP contribution in [-0.2, 0) is 9.59 Å². The Labute approximate surface area is 101 Å². The second kappa shape index (κ2) is 5.60. The lowest BCUT2D eigenvalue weighted by molar-refractivity contribution is -0.135. The molecule has 0 aromatic rings. The maximum absolute atomic E-state index is 12.0. The van der Waals surface area contributed by atoms with Crippen molar-refractivity contribution in [1.29, 1.82) is 0 Å². The van der Waals surface area contributed by atoms with Crippen molar-refractivity contribution in [2.75, 3.05) is 39.3 Å². The van der Waals surface area contributed by atoms with Gasteiger partial charge >= 0.3 is 0 Å². The van der Waals surface area contributed by atoms with Crippen molar-refractivity contribution in [3.05, 3.63) is 0 Å². The van der Waals surface area contributed by atoms with Crippen molar-refractivity contribution >= 4 is 11.7 Å². The van der Waals surface area contributed by atoms with Gasteiger partial charge in [0.1, 0.15) is 5.78 Å². The molecule has 2 aliphatic rings. The SMILES string of the molecule is O=C1CCN(C(=O)CN2CCC(CO)C2)CC1. The number of aliphatic hydroxyl groups excluding tert-OH is 1. The van der Waals surface area contributed by atoms with Gasteiger partial charge < -0.3 is 10.0 Å². The molecule has 2 heterocycles. The van der Waals surface area contributed by atoms with Crippen molar-refractivity contribution in [2.24, 2.45) is 5.92 Å². The van der Waals surface area contributed by atoms with E-state index in [4.69, 9.17) is 5.11 Å². The lowest BCUT2D eigenvalue weighted by Crippen LogP contribution is -2.43. The van der Waals surface area contributed by atoms with Gasteiger partial charge in [-0.2, -0.15) is 0 Å². The molecule has 17 heavy (non-hydrogen) atoms. The largest absolute Gasteiger partial charge is 0.396 e. The van der Waals surface area contributed by atoms with E-state index in [9.17, 15) is 9.59 Å². The number of hydrogen-bond donors (Lipinski definition) is 1. The van der Waals surface area contributed by atoms with Gasteiger partial charge in [0, 0.05) is 39.1 Å². The number of carbonyl (C=O) groups excluding carboxylic acids is 2. The zero-order valence-corrected chi connectivity index (χ0v) is 10.1. The summed E-state index contributed by atoms with van der Waals surface area (Å²) in [5, 5.41) is 9.04. The van der Waals surface area contributed by atoms with Crippen LogP contribution in [0.4, 0.5) is 0 Å². The normalized spacial score (nSPS) is 26.5. The first kappa shape index (κ1) is 12.5. The van der Waals surface area contributed by atoms with E-state index in [1.54, 1.807) is 4.90 Å². The first-order valence-electron chi connectivity index (χ1n) is 6.31. The molecule has 5 heteroatoms. The smallest absolute Gasteiger partial charge is 0.236 e. The number of nitrogens with zero attached hydrogens (tertiary/aromatic N) is 2. The van der Waals surface area contributed by atoms with Crippen LogP contribution in [0.1, 0.15) is 19.3 Å². The number of ketones is 1. The molecule has 2 saturated heterocycles. The van der Waals surface area contributed by atoms with Gasteiger partial charge in [0.2, 0.25) is 5.91 Å². The Morgan fingerprint density at radius 3 is 2.59 bits per heavy atom. The van der Waals surface area contributed by atoms with E-state index < -0.39 is 0 Å². The maximum atomic E-state index is 12.0. The first-order valence-corrected chi connectivity index (χ1v) is 6.31. The molecule has 0 radical (unpaired) electrons. The fraction of sp³-hybridized carbons (Fsp3) is 0.833.